The van der Waals surface area contributed by atoms with Crippen molar-refractivity contribution in [1.82, 2.24) is 10.2 Å². The summed E-state index contributed by atoms with van der Waals surface area (Å²) in [5.74, 6) is 2.47. The Hall–Kier alpha value is -1.06. The van der Waals surface area contributed by atoms with Gasteiger partial charge in [-0.1, -0.05) is 59.3 Å². The molecule has 2 aliphatic carbocycles. The molecule has 0 spiro atoms. The zero-order valence-corrected chi connectivity index (χ0v) is 15.4. The van der Waals surface area contributed by atoms with Gasteiger partial charge in [-0.3, -0.25) is 9.59 Å². The van der Waals surface area contributed by atoms with Crippen LogP contribution in [0.1, 0.15) is 65.7 Å². The summed E-state index contributed by atoms with van der Waals surface area (Å²) >= 11 is 0. The summed E-state index contributed by atoms with van der Waals surface area (Å²) in [6, 6.07) is 0. The van der Waals surface area contributed by atoms with Gasteiger partial charge in [0.15, 0.2) is 0 Å². The number of hydrogen-bond acceptors (Lipinski definition) is 2. The average molecular weight is 322 g/mol. The van der Waals surface area contributed by atoms with E-state index < -0.39 is 0 Å². The molecule has 132 valence electrons. The van der Waals surface area contributed by atoms with Gasteiger partial charge in [0.1, 0.15) is 0 Å². The fraction of sp³-hybridized carbons (Fsp3) is 0.895. The highest BCUT2D eigenvalue weighted by atomic mass is 16.2. The van der Waals surface area contributed by atoms with E-state index in [9.17, 15) is 9.59 Å². The molecule has 2 rings (SSSR count). The van der Waals surface area contributed by atoms with E-state index in [1.807, 2.05) is 27.8 Å². The first kappa shape index (κ1) is 18.3. The van der Waals surface area contributed by atoms with E-state index >= 15 is 0 Å². The van der Waals surface area contributed by atoms with Crippen LogP contribution in [0.15, 0.2) is 0 Å². The number of rotatable bonds is 7. The summed E-state index contributed by atoms with van der Waals surface area (Å²) in [4.78, 5) is 26.1. The Bertz CT molecular complexity index is 406. The molecule has 4 heteroatoms. The van der Waals surface area contributed by atoms with Crippen LogP contribution >= 0.6 is 0 Å². The quantitative estimate of drug-likeness (QED) is 0.782. The maximum atomic E-state index is 12.3. The Morgan fingerprint density at radius 1 is 1.09 bits per heavy atom. The first-order valence-corrected chi connectivity index (χ1v) is 9.31. The third-order valence-corrected chi connectivity index (χ3v) is 5.69. The Morgan fingerprint density at radius 3 is 2.00 bits per heavy atom. The van der Waals surface area contributed by atoms with E-state index in [0.717, 1.165) is 11.8 Å². The van der Waals surface area contributed by atoms with Gasteiger partial charge < -0.3 is 10.2 Å². The molecule has 2 amide bonds. The molecular formula is C19H34N2O2. The summed E-state index contributed by atoms with van der Waals surface area (Å²) in [5.41, 5.74) is -0.363. The van der Waals surface area contributed by atoms with E-state index in [4.69, 9.17) is 0 Å². The van der Waals surface area contributed by atoms with E-state index in [1.54, 1.807) is 4.90 Å². The van der Waals surface area contributed by atoms with Gasteiger partial charge in [0.2, 0.25) is 11.8 Å². The largest absolute Gasteiger partial charge is 0.354 e. The molecule has 4 nitrogen and oxygen atoms in total. The van der Waals surface area contributed by atoms with Crippen molar-refractivity contribution in [3.8, 4) is 0 Å². The topological polar surface area (TPSA) is 49.4 Å². The van der Waals surface area contributed by atoms with Gasteiger partial charge in [-0.05, 0) is 17.8 Å². The molecule has 2 aliphatic rings. The summed E-state index contributed by atoms with van der Waals surface area (Å²) in [6.45, 7) is 6.91. The SMILES string of the molecule is CN(CCNC(=O)CC(C1CCC1)C1CCC1)C(=O)C(C)(C)C. The number of nitrogens with one attached hydrogen (secondary N) is 1. The lowest BCUT2D eigenvalue weighted by Crippen LogP contribution is -2.42. The van der Waals surface area contributed by atoms with E-state index in [-0.39, 0.29) is 17.2 Å². The van der Waals surface area contributed by atoms with E-state index in [1.165, 1.54) is 38.5 Å². The molecule has 0 saturated heterocycles. The number of amides is 2. The Kier molecular flexibility index (Phi) is 6.10. The number of carbonyl (C=O) groups is 2. The lowest BCUT2D eigenvalue weighted by molar-refractivity contribution is -0.138. The van der Waals surface area contributed by atoms with Crippen molar-refractivity contribution < 1.29 is 9.59 Å². The minimum absolute atomic E-state index is 0.119. The van der Waals surface area contributed by atoms with Crippen molar-refractivity contribution in [2.24, 2.45) is 23.2 Å². The molecule has 0 aromatic rings. The van der Waals surface area contributed by atoms with Crippen LogP contribution in [0.5, 0.6) is 0 Å². The predicted octanol–water partition coefficient (Wildman–Crippen LogP) is 3.21. The van der Waals surface area contributed by atoms with Crippen LogP contribution in [-0.4, -0.2) is 36.9 Å². The van der Waals surface area contributed by atoms with Crippen molar-refractivity contribution in [2.45, 2.75) is 65.7 Å². The molecule has 0 unspecified atom stereocenters. The van der Waals surface area contributed by atoms with Gasteiger partial charge in [0, 0.05) is 32.0 Å². The normalized spacial score (nSPS) is 19.2. The van der Waals surface area contributed by atoms with Crippen molar-refractivity contribution in [3.63, 3.8) is 0 Å². The molecule has 1 N–H and O–H groups in total. The Labute approximate surface area is 141 Å². The smallest absolute Gasteiger partial charge is 0.227 e. The first-order chi connectivity index (χ1) is 10.8. The summed E-state index contributed by atoms with van der Waals surface area (Å²) in [6.07, 6.45) is 8.64. The maximum absolute atomic E-state index is 12.3. The third kappa shape index (κ3) is 4.95. The zero-order valence-electron chi connectivity index (χ0n) is 15.4. The molecule has 2 saturated carbocycles. The molecule has 0 aliphatic heterocycles. The number of carbonyl (C=O) groups excluding carboxylic acids is 2. The Morgan fingerprint density at radius 2 is 1.61 bits per heavy atom. The lowest BCUT2D eigenvalue weighted by atomic mass is 9.63. The number of nitrogens with zero attached hydrogens (tertiary/aromatic N) is 1. The van der Waals surface area contributed by atoms with Crippen LogP contribution in [-0.2, 0) is 9.59 Å². The van der Waals surface area contributed by atoms with Gasteiger partial charge in [0.25, 0.3) is 0 Å². The van der Waals surface area contributed by atoms with Crippen molar-refractivity contribution in [1.29, 1.82) is 0 Å². The first-order valence-electron chi connectivity index (χ1n) is 9.31. The summed E-state index contributed by atoms with van der Waals surface area (Å²) in [7, 11) is 1.81. The maximum Gasteiger partial charge on any atom is 0.227 e. The van der Waals surface area contributed by atoms with Gasteiger partial charge >= 0.3 is 0 Å². The molecule has 0 atom stereocenters. The van der Waals surface area contributed by atoms with Crippen LogP contribution in [0.25, 0.3) is 0 Å². The predicted molar refractivity (Wildman–Crippen MR) is 92.9 cm³/mol. The molecule has 0 aromatic heterocycles. The summed E-state index contributed by atoms with van der Waals surface area (Å²) < 4.78 is 0. The number of hydrogen-bond donors (Lipinski definition) is 1. The molecule has 0 radical (unpaired) electrons. The number of likely N-dealkylation sites (N-methyl/N-ethyl adjacent to an activating group) is 1. The second-order valence-electron chi connectivity index (χ2n) is 8.58. The second kappa shape index (κ2) is 7.67. The average Bonchev–Trinajstić information content (AvgIpc) is 2.32. The molecule has 23 heavy (non-hydrogen) atoms. The highest BCUT2D eigenvalue weighted by Gasteiger charge is 2.37. The van der Waals surface area contributed by atoms with Gasteiger partial charge in [-0.2, -0.15) is 0 Å². The highest BCUT2D eigenvalue weighted by molar-refractivity contribution is 5.81. The van der Waals surface area contributed by atoms with Crippen LogP contribution in [0, 0.1) is 23.2 Å². The van der Waals surface area contributed by atoms with Crippen molar-refractivity contribution in [2.75, 3.05) is 20.1 Å². The van der Waals surface area contributed by atoms with Gasteiger partial charge in [-0.25, -0.2) is 0 Å². The van der Waals surface area contributed by atoms with Crippen LogP contribution < -0.4 is 5.32 Å². The van der Waals surface area contributed by atoms with Gasteiger partial charge in [-0.15, -0.1) is 0 Å². The third-order valence-electron chi connectivity index (χ3n) is 5.69. The standard InChI is InChI=1S/C19H34N2O2/c1-19(2,3)18(23)21(4)12-11-20-17(22)13-16(14-7-5-8-14)15-9-6-10-15/h14-16H,5-13H2,1-4H3,(H,20,22). The van der Waals surface area contributed by atoms with Crippen molar-refractivity contribution >= 4 is 11.8 Å². The highest BCUT2D eigenvalue weighted by Crippen LogP contribution is 2.45. The molecule has 0 bridgehead atoms. The molecule has 0 heterocycles. The molecular weight excluding hydrogens is 288 g/mol. The Balaban J connectivity index is 1.70. The van der Waals surface area contributed by atoms with Crippen LogP contribution in [0.3, 0.4) is 0 Å². The lowest BCUT2D eigenvalue weighted by Gasteiger charge is -2.42. The van der Waals surface area contributed by atoms with Crippen LogP contribution in [0.4, 0.5) is 0 Å². The van der Waals surface area contributed by atoms with Crippen LogP contribution in [0.2, 0.25) is 0 Å². The fourth-order valence-electron chi connectivity index (χ4n) is 3.78. The minimum atomic E-state index is -0.363. The van der Waals surface area contributed by atoms with E-state index in [0.29, 0.717) is 25.4 Å². The van der Waals surface area contributed by atoms with Crippen molar-refractivity contribution in [3.05, 3.63) is 0 Å². The summed E-state index contributed by atoms with van der Waals surface area (Å²) in [5, 5.41) is 3.02. The minimum Gasteiger partial charge on any atom is -0.354 e. The molecule has 0 aromatic carbocycles. The van der Waals surface area contributed by atoms with Gasteiger partial charge in [0.05, 0.1) is 0 Å². The molecule has 2 fully saturated rings. The zero-order chi connectivity index (χ0) is 17.0. The fourth-order valence-corrected chi connectivity index (χ4v) is 3.78. The second-order valence-corrected chi connectivity index (χ2v) is 8.58. The monoisotopic (exact) mass is 322 g/mol. The van der Waals surface area contributed by atoms with E-state index in [2.05, 4.69) is 5.32 Å².